The van der Waals surface area contributed by atoms with Gasteiger partial charge in [-0.05, 0) is 67.4 Å². The van der Waals surface area contributed by atoms with E-state index in [0.717, 1.165) is 32.8 Å². The Morgan fingerprint density at radius 1 is 0.788 bits per heavy atom. The van der Waals surface area contributed by atoms with Crippen LogP contribution in [0.25, 0.3) is 10.2 Å². The maximum absolute atomic E-state index is 14.0. The highest BCUT2D eigenvalue weighted by atomic mass is 32.1. The lowest BCUT2D eigenvalue weighted by Gasteiger charge is -2.24. The number of hydrogen-bond donors (Lipinski definition) is 0. The van der Waals surface area contributed by atoms with Gasteiger partial charge < -0.3 is 4.74 Å². The molecule has 4 aromatic carbocycles. The summed E-state index contributed by atoms with van der Waals surface area (Å²) in [5, 5.41) is 0.646. The molecule has 0 atom stereocenters. The molecule has 0 N–H and O–H groups in total. The van der Waals surface area contributed by atoms with E-state index >= 15 is 0 Å². The van der Waals surface area contributed by atoms with Gasteiger partial charge in [0.05, 0.1) is 15.9 Å². The number of fused-ring (bicyclic) bond motifs is 1. The van der Waals surface area contributed by atoms with Crippen LogP contribution in [0.4, 0.5) is 10.8 Å². The predicted octanol–water partition coefficient (Wildman–Crippen LogP) is 7.68. The number of rotatable bonds is 5. The summed E-state index contributed by atoms with van der Waals surface area (Å²) < 4.78 is 7.01. The molecule has 5 rings (SSSR count). The molecular weight excluding hydrogens is 428 g/mol. The number of aromatic nitrogens is 1. The average Bonchev–Trinajstić information content (AvgIpc) is 3.26. The fourth-order valence-electron chi connectivity index (χ4n) is 3.84. The smallest absolute Gasteiger partial charge is 0.264 e. The Balaban J connectivity index is 1.60. The zero-order chi connectivity index (χ0) is 22.8. The SMILES string of the molecule is Cc1cccc(C)c1N(C(=O)c1cccc(Oc2ccccc2)c1)c1nc2ccccc2s1. The van der Waals surface area contributed by atoms with Crippen LogP contribution < -0.4 is 9.64 Å². The van der Waals surface area contributed by atoms with E-state index in [-0.39, 0.29) is 5.91 Å². The van der Waals surface area contributed by atoms with Crippen LogP contribution in [0.2, 0.25) is 0 Å². The average molecular weight is 451 g/mol. The van der Waals surface area contributed by atoms with Gasteiger partial charge in [-0.3, -0.25) is 9.69 Å². The fraction of sp³-hybridized carbons (Fsp3) is 0.0714. The van der Waals surface area contributed by atoms with Crippen LogP contribution in [0.3, 0.4) is 0 Å². The Morgan fingerprint density at radius 2 is 1.45 bits per heavy atom. The highest BCUT2D eigenvalue weighted by Crippen LogP contribution is 2.38. The molecule has 0 aliphatic heterocycles. The molecule has 0 saturated carbocycles. The van der Waals surface area contributed by atoms with Crippen molar-refractivity contribution in [1.29, 1.82) is 0 Å². The standard InChI is InChI=1S/C28H22N2O2S/c1-19-10-8-11-20(2)26(19)30(28-29-24-16-6-7-17-25(24)33-28)27(31)21-12-9-15-23(18-21)32-22-13-4-3-5-14-22/h3-18H,1-2H3. The zero-order valence-corrected chi connectivity index (χ0v) is 19.2. The lowest BCUT2D eigenvalue weighted by Crippen LogP contribution is -2.27. The Labute approximate surface area is 196 Å². The summed E-state index contributed by atoms with van der Waals surface area (Å²) in [6.07, 6.45) is 0. The number of carbonyl (C=O) groups excluding carboxylic acids is 1. The van der Waals surface area contributed by atoms with E-state index in [9.17, 15) is 4.79 Å². The monoisotopic (exact) mass is 450 g/mol. The first kappa shape index (κ1) is 20.9. The van der Waals surface area contributed by atoms with Crippen LogP contribution in [0.5, 0.6) is 11.5 Å². The first-order chi connectivity index (χ1) is 16.1. The second-order valence-corrected chi connectivity index (χ2v) is 8.80. The van der Waals surface area contributed by atoms with Crippen molar-refractivity contribution in [2.75, 3.05) is 4.90 Å². The van der Waals surface area contributed by atoms with E-state index in [0.29, 0.717) is 16.4 Å². The van der Waals surface area contributed by atoms with Gasteiger partial charge in [0.2, 0.25) is 0 Å². The third-order valence-corrected chi connectivity index (χ3v) is 6.42. The van der Waals surface area contributed by atoms with E-state index in [2.05, 4.69) is 0 Å². The third kappa shape index (κ3) is 4.23. The maximum Gasteiger partial charge on any atom is 0.264 e. The lowest BCUT2D eigenvalue weighted by atomic mass is 10.1. The van der Waals surface area contributed by atoms with E-state index in [1.165, 1.54) is 11.3 Å². The molecule has 1 amide bonds. The molecule has 5 aromatic rings. The highest BCUT2D eigenvalue weighted by molar-refractivity contribution is 7.22. The van der Waals surface area contributed by atoms with Crippen LogP contribution in [-0.4, -0.2) is 10.9 Å². The summed E-state index contributed by atoms with van der Waals surface area (Å²) in [4.78, 5) is 20.5. The topological polar surface area (TPSA) is 42.4 Å². The second kappa shape index (κ2) is 8.88. The predicted molar refractivity (Wildman–Crippen MR) is 135 cm³/mol. The summed E-state index contributed by atoms with van der Waals surface area (Å²) in [5.74, 6) is 1.18. The van der Waals surface area contributed by atoms with Crippen LogP contribution in [0.1, 0.15) is 21.5 Å². The Kier molecular flexibility index (Phi) is 5.63. The van der Waals surface area contributed by atoms with Gasteiger partial charge in [0.15, 0.2) is 5.13 Å². The molecule has 1 aromatic heterocycles. The quantitative estimate of drug-likeness (QED) is 0.276. The van der Waals surface area contributed by atoms with Crippen molar-refractivity contribution in [2.45, 2.75) is 13.8 Å². The van der Waals surface area contributed by atoms with E-state index < -0.39 is 0 Å². The van der Waals surface area contributed by atoms with E-state index in [1.54, 1.807) is 11.0 Å². The molecule has 0 fully saturated rings. The van der Waals surface area contributed by atoms with Crippen molar-refractivity contribution < 1.29 is 9.53 Å². The summed E-state index contributed by atoms with van der Waals surface area (Å²) in [7, 11) is 0. The number of aryl methyl sites for hydroxylation is 2. The van der Waals surface area contributed by atoms with Gasteiger partial charge >= 0.3 is 0 Å². The van der Waals surface area contributed by atoms with Crippen LogP contribution in [0.15, 0.2) is 97.1 Å². The van der Waals surface area contributed by atoms with Crippen molar-refractivity contribution in [3.63, 3.8) is 0 Å². The molecule has 0 aliphatic rings. The number of carbonyl (C=O) groups is 1. The molecule has 0 saturated heterocycles. The van der Waals surface area contributed by atoms with Crippen LogP contribution in [-0.2, 0) is 0 Å². The lowest BCUT2D eigenvalue weighted by molar-refractivity contribution is 0.0998. The summed E-state index contributed by atoms with van der Waals surface area (Å²) in [6, 6.07) is 30.8. The number of thiazole rings is 1. The summed E-state index contributed by atoms with van der Waals surface area (Å²) in [6.45, 7) is 4.04. The molecular formula is C28H22N2O2S. The Hall–Kier alpha value is -3.96. The molecule has 33 heavy (non-hydrogen) atoms. The molecule has 1 heterocycles. The normalized spacial score (nSPS) is 10.8. The van der Waals surface area contributed by atoms with Crippen molar-refractivity contribution in [2.24, 2.45) is 0 Å². The minimum Gasteiger partial charge on any atom is -0.457 e. The summed E-state index contributed by atoms with van der Waals surface area (Å²) >= 11 is 1.51. The van der Waals surface area contributed by atoms with Gasteiger partial charge in [0.25, 0.3) is 5.91 Å². The van der Waals surface area contributed by atoms with Crippen molar-refractivity contribution in [3.05, 3.63) is 114 Å². The Bertz CT molecular complexity index is 1390. The number of amides is 1. The molecule has 0 radical (unpaired) electrons. The Morgan fingerprint density at radius 3 is 2.21 bits per heavy atom. The fourth-order valence-corrected chi connectivity index (χ4v) is 4.82. The van der Waals surface area contributed by atoms with Gasteiger partial charge in [-0.2, -0.15) is 0 Å². The first-order valence-electron chi connectivity index (χ1n) is 10.7. The third-order valence-electron chi connectivity index (χ3n) is 5.40. The number of benzene rings is 4. The number of hydrogen-bond acceptors (Lipinski definition) is 4. The molecule has 0 aliphatic carbocycles. The second-order valence-electron chi connectivity index (χ2n) is 7.79. The molecule has 4 nitrogen and oxygen atoms in total. The maximum atomic E-state index is 14.0. The van der Waals surface area contributed by atoms with E-state index in [4.69, 9.17) is 9.72 Å². The van der Waals surface area contributed by atoms with Crippen LogP contribution >= 0.6 is 11.3 Å². The largest absolute Gasteiger partial charge is 0.457 e. The number of nitrogens with zero attached hydrogens (tertiary/aromatic N) is 2. The van der Waals surface area contributed by atoms with E-state index in [1.807, 2.05) is 105 Å². The highest BCUT2D eigenvalue weighted by Gasteiger charge is 2.26. The number of para-hydroxylation sites is 3. The molecule has 162 valence electrons. The van der Waals surface area contributed by atoms with Gasteiger partial charge in [-0.25, -0.2) is 4.98 Å². The number of ether oxygens (including phenoxy) is 1. The number of anilines is 2. The van der Waals surface area contributed by atoms with Crippen LogP contribution in [0, 0.1) is 13.8 Å². The minimum atomic E-state index is -0.148. The van der Waals surface area contributed by atoms with Gasteiger partial charge in [0.1, 0.15) is 11.5 Å². The summed E-state index contributed by atoms with van der Waals surface area (Å²) in [5.41, 5.74) is 4.29. The molecule has 0 bridgehead atoms. The minimum absolute atomic E-state index is 0.148. The van der Waals surface area contributed by atoms with Gasteiger partial charge in [-0.15, -0.1) is 0 Å². The zero-order valence-electron chi connectivity index (χ0n) is 18.4. The van der Waals surface area contributed by atoms with Gasteiger partial charge in [0, 0.05) is 5.56 Å². The molecule has 0 spiro atoms. The van der Waals surface area contributed by atoms with Crippen molar-refractivity contribution >= 4 is 38.3 Å². The molecule has 0 unspecified atom stereocenters. The molecule has 5 heteroatoms. The van der Waals surface area contributed by atoms with Crippen molar-refractivity contribution in [3.8, 4) is 11.5 Å². The van der Waals surface area contributed by atoms with Gasteiger partial charge in [-0.1, -0.05) is 65.9 Å². The first-order valence-corrected chi connectivity index (χ1v) is 11.5. The van der Waals surface area contributed by atoms with Crippen molar-refractivity contribution in [1.82, 2.24) is 4.98 Å².